The van der Waals surface area contributed by atoms with Crippen LogP contribution in [0.5, 0.6) is 11.5 Å². The summed E-state index contributed by atoms with van der Waals surface area (Å²) in [6, 6.07) is 11.2. The van der Waals surface area contributed by atoms with Crippen molar-refractivity contribution in [3.63, 3.8) is 0 Å². The van der Waals surface area contributed by atoms with Gasteiger partial charge in [-0.1, -0.05) is 13.3 Å². The first-order valence-corrected chi connectivity index (χ1v) is 10.8. The Labute approximate surface area is 185 Å². The first-order chi connectivity index (χ1) is 13.8. The van der Waals surface area contributed by atoms with E-state index < -0.39 is 12.1 Å². The van der Waals surface area contributed by atoms with Gasteiger partial charge in [0.15, 0.2) is 5.75 Å². The molecule has 3 aromatic rings. The lowest BCUT2D eigenvalue weighted by atomic mass is 10.1. The number of hydrogen-bond acceptors (Lipinski definition) is 3. The zero-order chi connectivity index (χ0) is 21.1. The number of fused-ring (bicyclic) bond motifs is 1. The van der Waals surface area contributed by atoms with Gasteiger partial charge in [-0.2, -0.15) is 0 Å². The summed E-state index contributed by atoms with van der Waals surface area (Å²) < 4.78 is 20.8. The lowest BCUT2D eigenvalue weighted by molar-refractivity contribution is -0.142. The smallest absolute Gasteiger partial charge is 0.338 e. The van der Waals surface area contributed by atoms with Gasteiger partial charge in [-0.05, 0) is 92.7 Å². The normalized spacial score (nSPS) is 12.2. The molecule has 3 rings (SSSR count). The van der Waals surface area contributed by atoms with E-state index >= 15 is 0 Å². The molecule has 0 aliphatic heterocycles. The van der Waals surface area contributed by atoms with Crippen LogP contribution in [-0.4, -0.2) is 22.2 Å². The number of hydrogen-bond donors (Lipinski definition) is 1. The van der Waals surface area contributed by atoms with Crippen molar-refractivity contribution in [2.75, 3.05) is 0 Å². The van der Waals surface area contributed by atoms with Gasteiger partial charge in [0.1, 0.15) is 5.75 Å². The van der Waals surface area contributed by atoms with Crippen LogP contribution in [-0.2, 0) is 17.6 Å². The molecule has 0 saturated heterocycles. The second kappa shape index (κ2) is 9.22. The number of carboxylic acids is 1. The maximum atomic E-state index is 13.5. The fraction of sp³-hybridized carbons (Fsp3) is 0.273. The number of halogens is 3. The van der Waals surface area contributed by atoms with Gasteiger partial charge < -0.3 is 9.84 Å². The maximum Gasteiger partial charge on any atom is 0.338 e. The molecule has 152 valence electrons. The number of carboxylic acid groups (broad SMARTS) is 1. The fourth-order valence-electron chi connectivity index (χ4n) is 3.13. The van der Waals surface area contributed by atoms with E-state index in [-0.39, 0.29) is 6.42 Å². The number of aromatic nitrogens is 1. The van der Waals surface area contributed by atoms with Crippen molar-refractivity contribution in [3.05, 3.63) is 62.2 Å². The van der Waals surface area contributed by atoms with Crippen LogP contribution in [0, 0.1) is 6.92 Å². The molecule has 1 atom stereocenters. The SMILES string of the molecule is CCCc1cc(C)c2cc(Oc3c(Br)cc(CC(F)C(=O)O)cc3Br)ccc2n1. The minimum atomic E-state index is -1.95. The van der Waals surface area contributed by atoms with Gasteiger partial charge >= 0.3 is 5.97 Å². The molecule has 7 heteroatoms. The molecular formula is C22H20Br2FNO3. The number of carbonyl (C=O) groups is 1. The Kier molecular flexibility index (Phi) is 6.90. The van der Waals surface area contributed by atoms with Crippen LogP contribution in [0.4, 0.5) is 4.39 Å². The van der Waals surface area contributed by atoms with E-state index in [4.69, 9.17) is 14.8 Å². The Balaban J connectivity index is 1.89. The quantitative estimate of drug-likeness (QED) is 0.370. The third kappa shape index (κ3) is 5.14. The molecule has 0 bridgehead atoms. The summed E-state index contributed by atoms with van der Waals surface area (Å²) in [7, 11) is 0. The van der Waals surface area contributed by atoms with Crippen molar-refractivity contribution >= 4 is 48.7 Å². The predicted octanol–water partition coefficient (Wildman–Crippen LogP) is 6.78. The van der Waals surface area contributed by atoms with Gasteiger partial charge in [-0.15, -0.1) is 0 Å². The lowest BCUT2D eigenvalue weighted by Gasteiger charge is -2.14. The molecule has 4 nitrogen and oxygen atoms in total. The number of aryl methyl sites for hydroxylation is 2. The third-order valence-electron chi connectivity index (χ3n) is 4.51. The summed E-state index contributed by atoms with van der Waals surface area (Å²) in [6.07, 6.45) is -0.169. The summed E-state index contributed by atoms with van der Waals surface area (Å²) in [6.45, 7) is 4.19. The van der Waals surface area contributed by atoms with Gasteiger partial charge in [-0.25, -0.2) is 9.18 Å². The van der Waals surface area contributed by atoms with Gasteiger partial charge in [0.05, 0.1) is 14.5 Å². The topological polar surface area (TPSA) is 59.4 Å². The van der Waals surface area contributed by atoms with E-state index in [0.29, 0.717) is 26.0 Å². The van der Waals surface area contributed by atoms with Gasteiger partial charge in [0, 0.05) is 17.5 Å². The summed E-state index contributed by atoms with van der Waals surface area (Å²) in [5.74, 6) is -0.291. The standard InChI is InChI=1S/C22H20Br2FNO3/c1-3-4-14-7-12(2)16-11-15(5-6-20(16)26-14)29-21-17(23)8-13(9-18(21)24)10-19(25)22(27)28/h5-9,11,19H,3-4,10H2,1-2H3,(H,27,28). The highest BCUT2D eigenvalue weighted by Crippen LogP contribution is 2.39. The van der Waals surface area contributed by atoms with Gasteiger partial charge in [0.2, 0.25) is 6.17 Å². The van der Waals surface area contributed by atoms with Crippen molar-refractivity contribution in [2.45, 2.75) is 39.3 Å². The number of alkyl halides is 1. The van der Waals surface area contributed by atoms with E-state index in [1.807, 2.05) is 18.2 Å². The summed E-state index contributed by atoms with van der Waals surface area (Å²) in [5, 5.41) is 9.78. The van der Waals surface area contributed by atoms with Gasteiger partial charge in [-0.3, -0.25) is 4.98 Å². The molecule has 1 N–H and O–H groups in total. The van der Waals surface area contributed by atoms with E-state index in [1.54, 1.807) is 12.1 Å². The third-order valence-corrected chi connectivity index (χ3v) is 5.69. The molecule has 1 unspecified atom stereocenters. The molecule has 0 saturated carbocycles. The molecule has 2 aromatic carbocycles. The van der Waals surface area contributed by atoms with Crippen LogP contribution in [0.15, 0.2) is 45.3 Å². The molecule has 0 spiro atoms. The Hall–Kier alpha value is -1.99. The van der Waals surface area contributed by atoms with E-state index in [2.05, 4.69) is 51.8 Å². The minimum Gasteiger partial charge on any atom is -0.479 e. The van der Waals surface area contributed by atoms with Crippen LogP contribution >= 0.6 is 31.9 Å². The molecule has 1 aromatic heterocycles. The Morgan fingerprint density at radius 1 is 1.21 bits per heavy atom. The molecular weight excluding hydrogens is 505 g/mol. The second-order valence-corrected chi connectivity index (χ2v) is 8.57. The van der Waals surface area contributed by atoms with Crippen LogP contribution < -0.4 is 4.74 Å². The number of aliphatic carboxylic acids is 1. The van der Waals surface area contributed by atoms with E-state index in [0.717, 1.165) is 35.0 Å². The summed E-state index contributed by atoms with van der Waals surface area (Å²) >= 11 is 6.87. The predicted molar refractivity (Wildman–Crippen MR) is 119 cm³/mol. The van der Waals surface area contributed by atoms with Crippen LogP contribution in [0.3, 0.4) is 0 Å². The monoisotopic (exact) mass is 523 g/mol. The number of rotatable bonds is 7. The number of benzene rings is 2. The van der Waals surface area contributed by atoms with Gasteiger partial charge in [0.25, 0.3) is 0 Å². The first-order valence-electron chi connectivity index (χ1n) is 9.21. The highest BCUT2D eigenvalue weighted by molar-refractivity contribution is 9.11. The largest absolute Gasteiger partial charge is 0.479 e. The van der Waals surface area contributed by atoms with Crippen molar-refractivity contribution in [1.29, 1.82) is 0 Å². The average molecular weight is 525 g/mol. The maximum absolute atomic E-state index is 13.5. The molecule has 0 aliphatic carbocycles. The Bertz CT molecular complexity index is 1050. The highest BCUT2D eigenvalue weighted by Gasteiger charge is 2.18. The van der Waals surface area contributed by atoms with Crippen molar-refractivity contribution in [2.24, 2.45) is 0 Å². The van der Waals surface area contributed by atoms with E-state index in [9.17, 15) is 9.18 Å². The van der Waals surface area contributed by atoms with Crippen molar-refractivity contribution < 1.29 is 19.0 Å². The van der Waals surface area contributed by atoms with E-state index in [1.165, 1.54) is 0 Å². The fourth-order valence-corrected chi connectivity index (χ4v) is 4.57. The molecule has 0 radical (unpaired) electrons. The summed E-state index contributed by atoms with van der Waals surface area (Å²) in [4.78, 5) is 15.5. The van der Waals surface area contributed by atoms with Crippen molar-refractivity contribution in [1.82, 2.24) is 4.98 Å². The number of ether oxygens (including phenoxy) is 1. The van der Waals surface area contributed by atoms with Crippen LogP contribution in [0.2, 0.25) is 0 Å². The van der Waals surface area contributed by atoms with Crippen molar-refractivity contribution in [3.8, 4) is 11.5 Å². The molecule has 0 amide bonds. The zero-order valence-corrected chi connectivity index (χ0v) is 19.2. The molecule has 1 heterocycles. The average Bonchev–Trinajstić information content (AvgIpc) is 2.65. The minimum absolute atomic E-state index is 0.215. The molecule has 0 aliphatic rings. The molecule has 29 heavy (non-hydrogen) atoms. The van der Waals surface area contributed by atoms with Crippen LogP contribution in [0.25, 0.3) is 10.9 Å². The summed E-state index contributed by atoms with van der Waals surface area (Å²) in [5.41, 5.74) is 3.70. The zero-order valence-electron chi connectivity index (χ0n) is 16.0. The molecule has 0 fully saturated rings. The highest BCUT2D eigenvalue weighted by atomic mass is 79.9. The van der Waals surface area contributed by atoms with Crippen LogP contribution in [0.1, 0.15) is 30.2 Å². The number of nitrogens with zero attached hydrogens (tertiary/aromatic N) is 1. The lowest BCUT2D eigenvalue weighted by Crippen LogP contribution is -2.17. The number of pyridine rings is 1. The Morgan fingerprint density at radius 2 is 1.90 bits per heavy atom. The second-order valence-electron chi connectivity index (χ2n) is 6.86. The Morgan fingerprint density at radius 3 is 2.52 bits per heavy atom. The first kappa shape index (κ1) is 21.7.